The number of rotatable bonds is 0. The summed E-state index contributed by atoms with van der Waals surface area (Å²) in [6.07, 6.45) is -1.21. The van der Waals surface area contributed by atoms with Crippen molar-refractivity contribution >= 4 is 53.4 Å². The maximum Gasteiger partial charge on any atom is 3.00 e. The first-order valence-electron chi connectivity index (χ1n) is 8.19. The molecule has 0 saturated carbocycles. The van der Waals surface area contributed by atoms with Crippen molar-refractivity contribution in [2.45, 2.75) is 38.5 Å². The summed E-state index contributed by atoms with van der Waals surface area (Å²) >= 11 is 0. The smallest absolute Gasteiger partial charge is 0.530 e. The van der Waals surface area contributed by atoms with Gasteiger partial charge in [-0.05, 0) is 19.3 Å². The molecule has 0 bridgehead atoms. The molecule has 3 heterocycles. The van der Waals surface area contributed by atoms with Crippen molar-refractivity contribution in [1.29, 1.82) is 0 Å². The third-order valence-electron chi connectivity index (χ3n) is 3.88. The van der Waals surface area contributed by atoms with E-state index < -0.39 is 18.3 Å². The Bertz CT molecular complexity index is 555. The molecule has 28 heavy (non-hydrogen) atoms. The Balaban J connectivity index is 0.000000384. The second-order valence-electron chi connectivity index (χ2n) is 5.74. The fourth-order valence-corrected chi connectivity index (χ4v) is 2.52. The Morgan fingerprint density at radius 1 is 0.571 bits per heavy atom. The van der Waals surface area contributed by atoms with Crippen molar-refractivity contribution in [3.63, 3.8) is 0 Å². The minimum absolute atomic E-state index is 0. The van der Waals surface area contributed by atoms with Crippen LogP contribution >= 0.6 is 0 Å². The van der Waals surface area contributed by atoms with Gasteiger partial charge in [-0.1, -0.05) is 0 Å². The molecule has 0 N–H and O–H groups in total. The quantitative estimate of drug-likeness (QED) is 0.365. The van der Waals surface area contributed by atoms with Gasteiger partial charge in [-0.15, -0.1) is 0 Å². The first kappa shape index (κ1) is 25.4. The Labute approximate surface area is 170 Å². The van der Waals surface area contributed by atoms with Crippen LogP contribution in [-0.4, -0.2) is 87.7 Å². The molecule has 0 aromatic rings. The topological polar surface area (TPSA) is 181 Å². The number of nitrogens with zero attached hydrogens (tertiary/aromatic N) is 3. The normalized spacial score (nSPS) is 18.0. The summed E-state index contributed by atoms with van der Waals surface area (Å²) in [6, 6.07) is 0. The van der Waals surface area contributed by atoms with Gasteiger partial charge < -0.3 is 29.7 Å². The molecule has 3 rings (SSSR count). The minimum atomic E-state index is -1.38. The van der Waals surface area contributed by atoms with E-state index in [2.05, 4.69) is 0 Å². The molecule has 0 spiro atoms. The van der Waals surface area contributed by atoms with Gasteiger partial charge in [0.1, 0.15) is 18.3 Å². The van der Waals surface area contributed by atoms with Gasteiger partial charge >= 0.3 is 17.4 Å². The molecule has 0 aromatic heterocycles. The van der Waals surface area contributed by atoms with Gasteiger partial charge in [0.2, 0.25) is 17.7 Å². The Hall–Kier alpha value is -2.65. The molecule has 0 atom stereocenters. The van der Waals surface area contributed by atoms with Crippen molar-refractivity contribution in [1.82, 2.24) is 14.7 Å². The zero-order chi connectivity index (χ0) is 20.6. The number of carboxylic acid groups (broad SMARTS) is 3. The molecular weight excluding hydrogens is 393 g/mol. The first-order chi connectivity index (χ1) is 12.6. The van der Waals surface area contributed by atoms with E-state index in [1.807, 2.05) is 0 Å². The second-order valence-corrected chi connectivity index (χ2v) is 5.74. The predicted octanol–water partition coefficient (Wildman–Crippen LogP) is -3.52. The molecule has 0 radical (unpaired) electrons. The Morgan fingerprint density at radius 2 is 0.786 bits per heavy atom. The van der Waals surface area contributed by atoms with Crippen LogP contribution in [0.3, 0.4) is 0 Å². The van der Waals surface area contributed by atoms with E-state index in [1.165, 1.54) is 0 Å². The Morgan fingerprint density at radius 3 is 0.857 bits per heavy atom. The van der Waals surface area contributed by atoms with E-state index in [0.29, 0.717) is 58.2 Å². The van der Waals surface area contributed by atoms with Crippen LogP contribution < -0.4 is 15.3 Å². The third kappa shape index (κ3) is 7.53. The molecule has 6 amide bonds. The van der Waals surface area contributed by atoms with Crippen LogP contribution in [0.25, 0.3) is 0 Å². The fraction of sp³-hybridized carbons (Fsp3) is 0.600. The summed E-state index contributed by atoms with van der Waals surface area (Å²) < 4.78 is 0. The van der Waals surface area contributed by atoms with E-state index in [0.717, 1.165) is 14.7 Å². The van der Waals surface area contributed by atoms with Crippen LogP contribution in [0.15, 0.2) is 0 Å². The number of carbonyl (C=O) groups excluding carboxylic acids is 6. The monoisotopic (exact) mass is 411 g/mol. The second kappa shape index (κ2) is 11.9. The van der Waals surface area contributed by atoms with Crippen LogP contribution in [0.4, 0.5) is 14.4 Å². The van der Waals surface area contributed by atoms with E-state index in [1.54, 1.807) is 0 Å². The van der Waals surface area contributed by atoms with E-state index in [4.69, 9.17) is 0 Å². The summed E-state index contributed by atoms with van der Waals surface area (Å²) in [5, 5.41) is 30.0. The van der Waals surface area contributed by atoms with Gasteiger partial charge in [-0.2, -0.15) is 0 Å². The summed E-state index contributed by atoms with van der Waals surface area (Å²) in [7, 11) is 0. The summed E-state index contributed by atoms with van der Waals surface area (Å²) in [5.41, 5.74) is 0. The predicted molar refractivity (Wildman–Crippen MR) is 84.8 cm³/mol. The maximum atomic E-state index is 10.5. The van der Waals surface area contributed by atoms with Gasteiger partial charge in [0, 0.05) is 38.9 Å². The van der Waals surface area contributed by atoms with Crippen LogP contribution in [-0.2, 0) is 14.4 Å². The number of imide groups is 3. The number of amides is 6. The summed E-state index contributed by atoms with van der Waals surface area (Å²) in [4.78, 5) is 63.8. The molecule has 3 saturated heterocycles. The first-order valence-corrected chi connectivity index (χ1v) is 8.19. The van der Waals surface area contributed by atoms with Crippen molar-refractivity contribution < 1.29 is 44.1 Å². The number of hydrogen-bond acceptors (Lipinski definition) is 9. The SMILES string of the molecule is O=C([O-])N1CCCC1=O.O=C([O-])N1CCCC1=O.O=C([O-])N1CCCC1=O.[Al+3]. The molecule has 3 aliphatic rings. The Kier molecular flexibility index (Phi) is 10.8. The van der Waals surface area contributed by atoms with Gasteiger partial charge in [-0.25, -0.2) is 0 Å². The average molecular weight is 411 g/mol. The third-order valence-corrected chi connectivity index (χ3v) is 3.88. The zero-order valence-electron chi connectivity index (χ0n) is 15.0. The molecule has 3 aliphatic heterocycles. The van der Waals surface area contributed by atoms with Gasteiger partial charge in [-0.3, -0.25) is 29.1 Å². The molecule has 12 nitrogen and oxygen atoms in total. The summed E-state index contributed by atoms with van der Waals surface area (Å²) in [5.74, 6) is -1.01. The van der Waals surface area contributed by atoms with Crippen LogP contribution in [0.1, 0.15) is 38.5 Å². The number of likely N-dealkylation sites (tertiary alicyclic amines) is 3. The van der Waals surface area contributed by atoms with Gasteiger partial charge in [0.15, 0.2) is 0 Å². The zero-order valence-corrected chi connectivity index (χ0v) is 16.1. The molecule has 0 aromatic carbocycles. The maximum absolute atomic E-state index is 10.5. The molecule has 0 aliphatic carbocycles. The number of carbonyl (C=O) groups is 6. The van der Waals surface area contributed by atoms with E-state index >= 15 is 0 Å². The van der Waals surface area contributed by atoms with E-state index in [-0.39, 0.29) is 35.1 Å². The molecule has 13 heteroatoms. The molecule has 3 fully saturated rings. The molecule has 150 valence electrons. The van der Waals surface area contributed by atoms with Gasteiger partial charge in [0.05, 0.1) is 0 Å². The molecular formula is C15H18AlN3O9. The van der Waals surface area contributed by atoms with Gasteiger partial charge in [0.25, 0.3) is 0 Å². The fourth-order valence-electron chi connectivity index (χ4n) is 2.52. The number of hydrogen-bond donors (Lipinski definition) is 0. The molecule has 0 unspecified atom stereocenters. The van der Waals surface area contributed by atoms with E-state index in [9.17, 15) is 44.1 Å². The van der Waals surface area contributed by atoms with Crippen LogP contribution in [0, 0.1) is 0 Å². The average Bonchev–Trinajstić information content (AvgIpc) is 3.29. The van der Waals surface area contributed by atoms with Crippen molar-refractivity contribution in [3.05, 3.63) is 0 Å². The van der Waals surface area contributed by atoms with Crippen molar-refractivity contribution in [3.8, 4) is 0 Å². The largest absolute Gasteiger partial charge is 3.00 e. The van der Waals surface area contributed by atoms with Crippen molar-refractivity contribution in [2.75, 3.05) is 19.6 Å². The summed E-state index contributed by atoms with van der Waals surface area (Å²) in [6.45, 7) is 0.920. The standard InChI is InChI=1S/3C5H7NO3.Al/c3*7-4-2-1-3-6(4)5(8)9;/h3*1-3H2,(H,8,9);/q;;;+3/p-3. The minimum Gasteiger partial charge on any atom is -0.530 e. The van der Waals surface area contributed by atoms with Crippen LogP contribution in [0.2, 0.25) is 0 Å². The van der Waals surface area contributed by atoms with Crippen LogP contribution in [0.5, 0.6) is 0 Å². The van der Waals surface area contributed by atoms with Crippen molar-refractivity contribution in [2.24, 2.45) is 0 Å².